The first-order chi connectivity index (χ1) is 21.0. The number of likely N-dealkylation sites (tertiary alicyclic amines) is 1. The van der Waals surface area contributed by atoms with Crippen LogP contribution in [-0.4, -0.2) is 114 Å². The largest absolute Gasteiger partial charge is 0.465 e. The third-order valence-electron chi connectivity index (χ3n) is 10.3. The molecule has 45 heavy (non-hydrogen) atoms. The maximum absolute atomic E-state index is 14.6. The van der Waals surface area contributed by atoms with Crippen LogP contribution in [0.1, 0.15) is 58.4 Å². The van der Waals surface area contributed by atoms with Crippen molar-refractivity contribution in [3.63, 3.8) is 0 Å². The van der Waals surface area contributed by atoms with Crippen molar-refractivity contribution in [1.29, 1.82) is 0 Å². The number of methoxy groups -OCH3 is 1. The molecule has 11 heteroatoms. The zero-order chi connectivity index (χ0) is 32.9. The second-order valence-electron chi connectivity index (χ2n) is 14.9. The number of hydrogen-bond donors (Lipinski definition) is 1. The molecule has 3 aliphatic heterocycles. The molecule has 2 aromatic rings. The monoisotopic (exact) mass is 627 g/mol. The van der Waals surface area contributed by atoms with Crippen molar-refractivity contribution in [3.8, 4) is 0 Å². The molecule has 2 amide bonds. The van der Waals surface area contributed by atoms with Gasteiger partial charge in [0.25, 0.3) is 0 Å². The van der Waals surface area contributed by atoms with E-state index in [-0.39, 0.29) is 42.8 Å². The molecule has 246 valence electrons. The number of amides is 2. The van der Waals surface area contributed by atoms with Gasteiger partial charge in [-0.15, -0.1) is 0 Å². The van der Waals surface area contributed by atoms with Crippen molar-refractivity contribution in [2.45, 2.75) is 77.2 Å². The number of aromatic nitrogens is 1. The molecule has 1 aromatic heterocycles. The van der Waals surface area contributed by atoms with Crippen LogP contribution in [-0.2, 0) is 21.4 Å². The molecule has 0 radical (unpaired) electrons. The number of rotatable bonds is 7. The molecule has 4 atom stereocenters. The Bertz CT molecular complexity index is 1410. The number of nitrogens with zero attached hydrogens (tertiary/aromatic N) is 5. The predicted octanol–water partition coefficient (Wildman–Crippen LogP) is 4.57. The molecule has 0 unspecified atom stereocenters. The first kappa shape index (κ1) is 33.2. The van der Waals surface area contributed by atoms with Crippen molar-refractivity contribution in [3.05, 3.63) is 59.2 Å². The SMILES string of the molecule is CO[C@@H]1CN(C[C@H]2CN(C(=O)O)[C@](C)(C(C)(C)C)CN2CC(=O)N2CC(C)(C)c3ncc(Cc4ccc(F)cc4)cc32)C[C@@H]1F. The van der Waals surface area contributed by atoms with E-state index in [4.69, 9.17) is 9.72 Å². The van der Waals surface area contributed by atoms with E-state index >= 15 is 0 Å². The number of piperazine rings is 1. The summed E-state index contributed by atoms with van der Waals surface area (Å²) < 4.78 is 33.4. The number of pyridine rings is 1. The third kappa shape index (κ3) is 6.57. The number of ether oxygens (including phenoxy) is 1. The van der Waals surface area contributed by atoms with E-state index in [2.05, 4.69) is 18.7 Å². The van der Waals surface area contributed by atoms with Gasteiger partial charge in [-0.1, -0.05) is 46.8 Å². The Kier molecular flexibility index (Phi) is 9.02. The number of carbonyl (C=O) groups is 2. The lowest BCUT2D eigenvalue weighted by molar-refractivity contribution is -0.124. The van der Waals surface area contributed by atoms with Crippen LogP contribution in [0.15, 0.2) is 36.5 Å². The fourth-order valence-corrected chi connectivity index (χ4v) is 7.10. The molecular formula is C34H47F2N5O4. The minimum atomic E-state index is -1.12. The van der Waals surface area contributed by atoms with Crippen LogP contribution in [0.25, 0.3) is 0 Å². The highest BCUT2D eigenvalue weighted by atomic mass is 19.1. The van der Waals surface area contributed by atoms with Crippen LogP contribution in [0, 0.1) is 11.2 Å². The normalized spacial score (nSPS) is 27.2. The van der Waals surface area contributed by atoms with Crippen molar-refractivity contribution >= 4 is 17.7 Å². The summed E-state index contributed by atoms with van der Waals surface area (Å²) in [5.74, 6) is -0.380. The van der Waals surface area contributed by atoms with Crippen LogP contribution in [0.4, 0.5) is 19.3 Å². The summed E-state index contributed by atoms with van der Waals surface area (Å²) >= 11 is 0. The molecule has 1 aromatic carbocycles. The van der Waals surface area contributed by atoms with Gasteiger partial charge in [0.15, 0.2) is 0 Å². The van der Waals surface area contributed by atoms with Gasteiger partial charge in [0.2, 0.25) is 5.91 Å². The van der Waals surface area contributed by atoms with Gasteiger partial charge in [0.05, 0.1) is 23.5 Å². The van der Waals surface area contributed by atoms with E-state index in [1.807, 2.05) is 44.9 Å². The summed E-state index contributed by atoms with van der Waals surface area (Å²) in [6.07, 6.45) is -0.268. The molecular weight excluding hydrogens is 580 g/mol. The maximum atomic E-state index is 14.6. The molecule has 3 aliphatic rings. The predicted molar refractivity (Wildman–Crippen MR) is 169 cm³/mol. The first-order valence-corrected chi connectivity index (χ1v) is 15.7. The van der Waals surface area contributed by atoms with Gasteiger partial charge in [0.1, 0.15) is 18.1 Å². The zero-order valence-corrected chi connectivity index (χ0v) is 27.5. The number of anilines is 1. The highest BCUT2D eigenvalue weighted by Crippen LogP contribution is 2.42. The molecule has 2 fully saturated rings. The van der Waals surface area contributed by atoms with Crippen molar-refractivity contribution in [2.75, 3.05) is 57.8 Å². The summed E-state index contributed by atoms with van der Waals surface area (Å²) in [5, 5.41) is 10.3. The Labute approximate surface area is 265 Å². The lowest BCUT2D eigenvalue weighted by Gasteiger charge is -2.57. The minimum Gasteiger partial charge on any atom is -0.465 e. The van der Waals surface area contributed by atoms with Crippen LogP contribution < -0.4 is 4.90 Å². The van der Waals surface area contributed by atoms with Crippen LogP contribution in [0.2, 0.25) is 0 Å². The highest BCUT2D eigenvalue weighted by Gasteiger charge is 2.52. The summed E-state index contributed by atoms with van der Waals surface area (Å²) in [4.78, 5) is 39.0. The number of hydrogen-bond acceptors (Lipinski definition) is 6. The van der Waals surface area contributed by atoms with Crippen LogP contribution in [0.5, 0.6) is 0 Å². The highest BCUT2D eigenvalue weighted by molar-refractivity contribution is 5.97. The van der Waals surface area contributed by atoms with Crippen molar-refractivity contribution in [1.82, 2.24) is 19.7 Å². The second-order valence-corrected chi connectivity index (χ2v) is 14.9. The zero-order valence-electron chi connectivity index (χ0n) is 27.5. The Morgan fingerprint density at radius 1 is 1.07 bits per heavy atom. The lowest BCUT2D eigenvalue weighted by Crippen LogP contribution is -2.72. The molecule has 4 heterocycles. The number of alkyl halides is 1. The molecule has 5 rings (SSSR count). The standard InChI is InChI=1S/C34H47F2N5O4/c1-32(2,3)34(6)21-39(25(16-41(34)31(43)44)15-38-17-26(36)28(18-38)45-7)19-29(42)40-20-33(4,5)30-27(40)13-23(14-37-30)12-22-8-10-24(35)11-9-22/h8-11,13-14,25-26,28H,12,15-21H2,1-7H3,(H,43,44)/t25-,26-,28+,34-/m0/s1. The van der Waals surface area contributed by atoms with Crippen molar-refractivity contribution < 1.29 is 28.2 Å². The van der Waals surface area contributed by atoms with E-state index in [1.165, 1.54) is 24.1 Å². The Morgan fingerprint density at radius 3 is 2.36 bits per heavy atom. The average Bonchev–Trinajstić information content (AvgIpc) is 3.45. The smallest absolute Gasteiger partial charge is 0.407 e. The van der Waals surface area contributed by atoms with Gasteiger partial charge < -0.3 is 14.7 Å². The topological polar surface area (TPSA) is 89.5 Å². The van der Waals surface area contributed by atoms with Gasteiger partial charge in [-0.2, -0.15) is 0 Å². The molecule has 1 N–H and O–H groups in total. The number of carboxylic acid groups (broad SMARTS) is 1. The van der Waals surface area contributed by atoms with E-state index in [1.54, 1.807) is 17.0 Å². The molecule has 2 saturated heterocycles. The minimum absolute atomic E-state index is 0.0854. The molecule has 0 aliphatic carbocycles. The van der Waals surface area contributed by atoms with Crippen LogP contribution in [0.3, 0.4) is 0 Å². The number of benzene rings is 1. The van der Waals surface area contributed by atoms with Crippen LogP contribution >= 0.6 is 0 Å². The van der Waals surface area contributed by atoms with Gasteiger partial charge in [-0.3, -0.25) is 24.5 Å². The Balaban J connectivity index is 1.42. The number of fused-ring (bicyclic) bond motifs is 1. The van der Waals surface area contributed by atoms with E-state index in [0.717, 1.165) is 22.5 Å². The van der Waals surface area contributed by atoms with Gasteiger partial charge in [0, 0.05) is 64.0 Å². The molecule has 0 bridgehead atoms. The fraction of sp³-hybridized carbons (Fsp3) is 0.618. The summed E-state index contributed by atoms with van der Waals surface area (Å²) in [6, 6.07) is 8.06. The van der Waals surface area contributed by atoms with Gasteiger partial charge in [-0.05, 0) is 48.1 Å². The first-order valence-electron chi connectivity index (χ1n) is 15.7. The molecule has 9 nitrogen and oxygen atoms in total. The lowest BCUT2D eigenvalue weighted by atomic mass is 9.71. The quantitative estimate of drug-likeness (QED) is 0.481. The van der Waals surface area contributed by atoms with Gasteiger partial charge >= 0.3 is 6.09 Å². The summed E-state index contributed by atoms with van der Waals surface area (Å²) in [6.45, 7) is 14.3. The van der Waals surface area contributed by atoms with E-state index in [0.29, 0.717) is 32.6 Å². The average molecular weight is 628 g/mol. The van der Waals surface area contributed by atoms with Gasteiger partial charge in [-0.25, -0.2) is 13.6 Å². The van der Waals surface area contributed by atoms with E-state index in [9.17, 15) is 23.5 Å². The van der Waals surface area contributed by atoms with Crippen molar-refractivity contribution in [2.24, 2.45) is 5.41 Å². The fourth-order valence-electron chi connectivity index (χ4n) is 7.10. The second kappa shape index (κ2) is 12.2. The summed E-state index contributed by atoms with van der Waals surface area (Å²) in [7, 11) is 1.50. The summed E-state index contributed by atoms with van der Waals surface area (Å²) in [5.41, 5.74) is 1.94. The van der Waals surface area contributed by atoms with E-state index < -0.39 is 29.3 Å². The Hall–Kier alpha value is -3.15. The Morgan fingerprint density at radius 2 is 1.76 bits per heavy atom. The molecule has 0 saturated carbocycles. The maximum Gasteiger partial charge on any atom is 0.407 e. The number of carbonyl (C=O) groups excluding carboxylic acids is 1. The third-order valence-corrected chi connectivity index (χ3v) is 10.3. The molecule has 0 spiro atoms. The number of halogens is 2.